The van der Waals surface area contributed by atoms with Gasteiger partial charge >= 0.3 is 6.18 Å². The molecular weight excluding hydrogens is 852 g/mol. The molecule has 0 radical (unpaired) electrons. The Bertz CT molecular complexity index is 2620. The summed E-state index contributed by atoms with van der Waals surface area (Å²) >= 11 is 0. The van der Waals surface area contributed by atoms with Crippen molar-refractivity contribution in [2.24, 2.45) is 5.92 Å². The zero-order valence-electron chi connectivity index (χ0n) is 34.8. The molecule has 5 aromatic rings. The molecule has 1 atom stereocenters. The number of rotatable bonds is 19. The monoisotopic (exact) mass is 895 g/mol. The van der Waals surface area contributed by atoms with Crippen LogP contribution < -0.4 is 31.9 Å². The van der Waals surface area contributed by atoms with Crippen molar-refractivity contribution in [1.82, 2.24) is 40.6 Å². The van der Waals surface area contributed by atoms with Crippen LogP contribution in [0.5, 0.6) is 0 Å². The van der Waals surface area contributed by atoms with E-state index in [4.69, 9.17) is 4.42 Å². The smallest absolute Gasteiger partial charge is 0.437 e. The molecule has 338 valence electrons. The number of fused-ring (bicyclic) bond motifs is 1. The van der Waals surface area contributed by atoms with E-state index in [1.54, 1.807) is 30.5 Å². The molecular formula is C44H44F3N11O7. The number of oxazole rings is 1. The Morgan fingerprint density at radius 3 is 2.43 bits per heavy atom. The molecule has 6 N–H and O–H groups in total. The number of aromatic nitrogens is 4. The minimum atomic E-state index is -4.90. The zero-order chi connectivity index (χ0) is 45.7. The lowest BCUT2D eigenvalue weighted by Crippen LogP contribution is -2.54. The van der Waals surface area contributed by atoms with E-state index in [0.717, 1.165) is 54.3 Å². The van der Waals surface area contributed by atoms with Gasteiger partial charge in [0.05, 0.1) is 28.7 Å². The third-order valence-electron chi connectivity index (χ3n) is 11.0. The Kier molecular flexibility index (Phi) is 13.0. The van der Waals surface area contributed by atoms with Crippen LogP contribution in [-0.2, 0) is 15.8 Å². The molecule has 2 fully saturated rings. The highest BCUT2D eigenvalue weighted by molar-refractivity contribution is 6.25. The largest absolute Gasteiger partial charge is 0.444 e. The summed E-state index contributed by atoms with van der Waals surface area (Å²) in [6, 6.07) is 13.0. The SMILES string of the molecule is O=C1CCC(N2C(=O)c3cccc(NCCNCCCCCNC(=O)c4ccc(-n5cc(NC(=O)c6coc(-c7ccnc(NCC8CC8)c7)n6)c(C(F)(F)F)n5)cc4)c3C2=O)C(=O)N1. The van der Waals surface area contributed by atoms with Gasteiger partial charge in [-0.3, -0.25) is 39.0 Å². The summed E-state index contributed by atoms with van der Waals surface area (Å²) in [7, 11) is 0. The number of pyridine rings is 1. The molecule has 0 bridgehead atoms. The van der Waals surface area contributed by atoms with E-state index in [9.17, 15) is 41.9 Å². The molecule has 5 heterocycles. The van der Waals surface area contributed by atoms with E-state index in [2.05, 4.69) is 47.0 Å². The first-order valence-corrected chi connectivity index (χ1v) is 21.2. The van der Waals surface area contributed by atoms with Crippen LogP contribution in [0.15, 0.2) is 77.7 Å². The standard InChI is InChI=1S/C44H44F3N11O7/c45-44(46,47)37-31(53-39(61)32-24-65-41(54-32)27-15-18-50-34(21-27)52-22-25-7-8-25)23-57(56-37)28-11-9-26(10-12-28)38(60)51-17-3-1-2-16-48-19-20-49-30-6-4-5-29-36(30)43(64)58(42(29)63)33-13-14-35(59)55-40(33)62/h4-6,9-12,15,18,21,23-25,33,48-49H,1-3,7-8,13-14,16-17,19-20,22H2,(H,50,52)(H,51,60)(H,53,61)(H,55,59,62). The van der Waals surface area contributed by atoms with Gasteiger partial charge < -0.3 is 31.0 Å². The zero-order valence-corrected chi connectivity index (χ0v) is 34.8. The van der Waals surface area contributed by atoms with Crippen molar-refractivity contribution >= 4 is 52.6 Å². The van der Waals surface area contributed by atoms with Crippen LogP contribution in [-0.4, -0.2) is 98.9 Å². The highest BCUT2D eigenvalue weighted by atomic mass is 19.4. The first-order chi connectivity index (χ1) is 31.3. The Hall–Kier alpha value is -7.42. The number of imide groups is 2. The van der Waals surface area contributed by atoms with Gasteiger partial charge in [-0.15, -0.1) is 0 Å². The Morgan fingerprint density at radius 1 is 0.862 bits per heavy atom. The lowest BCUT2D eigenvalue weighted by molar-refractivity contribution is -0.140. The molecule has 65 heavy (non-hydrogen) atoms. The molecule has 1 unspecified atom stereocenters. The second-order valence-electron chi connectivity index (χ2n) is 15.8. The number of carbonyl (C=O) groups excluding carboxylic acids is 6. The third-order valence-corrected chi connectivity index (χ3v) is 11.0. The minimum Gasteiger partial charge on any atom is -0.444 e. The Morgan fingerprint density at radius 2 is 1.66 bits per heavy atom. The normalized spacial score (nSPS) is 16.0. The molecule has 1 saturated heterocycles. The number of nitrogens with one attached hydrogen (secondary N) is 6. The van der Waals surface area contributed by atoms with Crippen LogP contribution in [0.4, 0.5) is 30.4 Å². The number of nitrogens with zero attached hydrogens (tertiary/aromatic N) is 5. The topological polar surface area (TPSA) is 235 Å². The number of unbranched alkanes of at least 4 members (excludes halogenated alkanes) is 2. The van der Waals surface area contributed by atoms with Crippen molar-refractivity contribution in [3.8, 4) is 17.1 Å². The van der Waals surface area contributed by atoms with Gasteiger partial charge in [0.2, 0.25) is 17.7 Å². The average Bonchev–Trinajstić information content (AvgIpc) is 3.68. The molecule has 1 saturated carbocycles. The van der Waals surface area contributed by atoms with E-state index in [1.165, 1.54) is 30.3 Å². The van der Waals surface area contributed by atoms with Gasteiger partial charge in [0.15, 0.2) is 11.4 Å². The number of amides is 6. The predicted molar refractivity (Wildman–Crippen MR) is 228 cm³/mol. The van der Waals surface area contributed by atoms with Gasteiger partial charge in [-0.1, -0.05) is 12.5 Å². The summed E-state index contributed by atoms with van der Waals surface area (Å²) in [4.78, 5) is 85.5. The first-order valence-electron chi connectivity index (χ1n) is 21.2. The molecule has 8 rings (SSSR count). The average molecular weight is 896 g/mol. The molecule has 2 aliphatic heterocycles. The number of benzene rings is 2. The van der Waals surface area contributed by atoms with Gasteiger partial charge in [-0.25, -0.2) is 14.6 Å². The summed E-state index contributed by atoms with van der Waals surface area (Å²) in [6.07, 6.45) is 3.50. The number of alkyl halides is 3. The fourth-order valence-corrected chi connectivity index (χ4v) is 7.43. The number of hydrogen-bond acceptors (Lipinski definition) is 13. The van der Waals surface area contributed by atoms with Crippen LogP contribution in [0, 0.1) is 5.92 Å². The lowest BCUT2D eigenvalue weighted by atomic mass is 10.0. The van der Waals surface area contributed by atoms with Gasteiger partial charge in [-0.2, -0.15) is 18.3 Å². The molecule has 3 aliphatic rings. The number of piperidine rings is 1. The van der Waals surface area contributed by atoms with Crippen molar-refractivity contribution in [3.05, 3.63) is 101 Å². The third kappa shape index (κ3) is 10.4. The lowest BCUT2D eigenvalue weighted by Gasteiger charge is -2.27. The second kappa shape index (κ2) is 19.1. The number of carbonyl (C=O) groups is 6. The first kappa shape index (κ1) is 44.2. The van der Waals surface area contributed by atoms with Gasteiger partial charge in [-0.05, 0) is 93.1 Å². The van der Waals surface area contributed by atoms with Crippen LogP contribution in [0.2, 0.25) is 0 Å². The van der Waals surface area contributed by atoms with Crippen LogP contribution in [0.25, 0.3) is 17.1 Å². The second-order valence-corrected chi connectivity index (χ2v) is 15.8. The van der Waals surface area contributed by atoms with E-state index in [-0.39, 0.29) is 47.1 Å². The van der Waals surface area contributed by atoms with Crippen molar-refractivity contribution < 1.29 is 46.4 Å². The summed E-state index contributed by atoms with van der Waals surface area (Å²) in [5.41, 5.74) is -0.244. The van der Waals surface area contributed by atoms with Crippen LogP contribution in [0.1, 0.15) is 92.2 Å². The number of halogens is 3. The molecule has 3 aromatic heterocycles. The molecule has 2 aromatic carbocycles. The maximum absolute atomic E-state index is 14.1. The maximum Gasteiger partial charge on any atom is 0.437 e. The fraction of sp³-hybridized carbons (Fsp3) is 0.341. The fourth-order valence-electron chi connectivity index (χ4n) is 7.43. The molecule has 6 amide bonds. The summed E-state index contributed by atoms with van der Waals surface area (Å²) in [5.74, 6) is -2.23. The van der Waals surface area contributed by atoms with Crippen molar-refractivity contribution in [1.29, 1.82) is 0 Å². The van der Waals surface area contributed by atoms with E-state index in [0.29, 0.717) is 61.1 Å². The van der Waals surface area contributed by atoms with E-state index in [1.807, 2.05) is 0 Å². The minimum absolute atomic E-state index is 0.0381. The van der Waals surface area contributed by atoms with Gasteiger partial charge in [0, 0.05) is 55.6 Å². The highest BCUT2D eigenvalue weighted by Gasteiger charge is 2.45. The number of anilines is 3. The van der Waals surface area contributed by atoms with Crippen molar-refractivity contribution in [2.45, 2.75) is 57.2 Å². The Labute approximate surface area is 369 Å². The quantitative estimate of drug-likeness (QED) is 0.0473. The van der Waals surface area contributed by atoms with E-state index >= 15 is 0 Å². The molecule has 1 aliphatic carbocycles. The Balaban J connectivity index is 0.754. The summed E-state index contributed by atoms with van der Waals surface area (Å²) < 4.78 is 48.6. The molecule has 21 heteroatoms. The van der Waals surface area contributed by atoms with E-state index < -0.39 is 53.1 Å². The van der Waals surface area contributed by atoms with Gasteiger partial charge in [0.1, 0.15) is 18.1 Å². The number of hydrogen-bond donors (Lipinski definition) is 6. The van der Waals surface area contributed by atoms with Crippen LogP contribution >= 0.6 is 0 Å². The molecule has 18 nitrogen and oxygen atoms in total. The predicted octanol–water partition coefficient (Wildman–Crippen LogP) is 5.02. The summed E-state index contributed by atoms with van der Waals surface area (Å²) in [6.45, 7) is 2.87. The highest BCUT2D eigenvalue weighted by Crippen LogP contribution is 2.36. The molecule has 0 spiro atoms. The van der Waals surface area contributed by atoms with Crippen LogP contribution in [0.3, 0.4) is 0 Å². The van der Waals surface area contributed by atoms with Crippen molar-refractivity contribution in [2.75, 3.05) is 48.7 Å². The summed E-state index contributed by atoms with van der Waals surface area (Å²) in [5, 5.41) is 20.7. The van der Waals surface area contributed by atoms with Crippen molar-refractivity contribution in [3.63, 3.8) is 0 Å². The maximum atomic E-state index is 14.1. The van der Waals surface area contributed by atoms with Gasteiger partial charge in [0.25, 0.3) is 23.6 Å².